The van der Waals surface area contributed by atoms with Crippen LogP contribution in [0.4, 0.5) is 0 Å². The Morgan fingerprint density at radius 2 is 1.81 bits per heavy atom. The first kappa shape index (κ1) is 13.8. The fraction of sp³-hybridized carbons (Fsp3) is 0.211. The molecule has 3 aromatic rings. The molecule has 0 fully saturated rings. The van der Waals surface area contributed by atoms with Crippen molar-refractivity contribution in [1.29, 1.82) is 0 Å². The molecule has 1 aromatic heterocycles. The summed E-state index contributed by atoms with van der Waals surface area (Å²) in [6, 6.07) is 17.4. The molecule has 0 amide bonds. The minimum absolute atomic E-state index is 0.890. The van der Waals surface area contributed by atoms with Crippen LogP contribution in [0, 0.1) is 13.8 Å². The van der Waals surface area contributed by atoms with E-state index in [1.807, 2.05) is 14.0 Å². The molecule has 1 N–H and O–H groups in total. The summed E-state index contributed by atoms with van der Waals surface area (Å²) < 4.78 is 0. The molecule has 0 unspecified atom stereocenters. The van der Waals surface area contributed by atoms with Gasteiger partial charge in [0.25, 0.3) is 0 Å². The minimum atomic E-state index is 0.890. The zero-order chi connectivity index (χ0) is 14.8. The Morgan fingerprint density at radius 1 is 0.952 bits per heavy atom. The molecule has 0 saturated heterocycles. The van der Waals surface area contributed by atoms with Gasteiger partial charge in [-0.15, -0.1) is 0 Å². The lowest BCUT2D eigenvalue weighted by molar-refractivity contribution is 0.818. The lowest BCUT2D eigenvalue weighted by Gasteiger charge is -2.10. The summed E-state index contributed by atoms with van der Waals surface area (Å²) in [4.78, 5) is 4.57. The predicted octanol–water partition coefficient (Wildman–Crippen LogP) is 4.24. The average Bonchev–Trinajstić information content (AvgIpc) is 2.49. The second-order valence-electron chi connectivity index (χ2n) is 5.54. The van der Waals surface area contributed by atoms with E-state index < -0.39 is 0 Å². The molecule has 0 saturated carbocycles. The van der Waals surface area contributed by atoms with Gasteiger partial charge in [0.1, 0.15) is 0 Å². The zero-order valence-corrected chi connectivity index (χ0v) is 12.8. The van der Waals surface area contributed by atoms with Gasteiger partial charge in [0.05, 0.1) is 5.52 Å². The van der Waals surface area contributed by atoms with Crippen LogP contribution in [0.1, 0.15) is 16.8 Å². The number of rotatable bonds is 3. The van der Waals surface area contributed by atoms with E-state index in [1.165, 1.54) is 27.6 Å². The van der Waals surface area contributed by atoms with Gasteiger partial charge in [-0.1, -0.05) is 24.3 Å². The Labute approximate surface area is 125 Å². The van der Waals surface area contributed by atoms with Crippen molar-refractivity contribution in [1.82, 2.24) is 10.3 Å². The van der Waals surface area contributed by atoms with Gasteiger partial charge < -0.3 is 5.32 Å². The van der Waals surface area contributed by atoms with Crippen molar-refractivity contribution in [2.45, 2.75) is 20.4 Å². The number of nitrogens with one attached hydrogen (secondary N) is 1. The Balaban J connectivity index is 2.11. The quantitative estimate of drug-likeness (QED) is 0.774. The highest BCUT2D eigenvalue weighted by Crippen LogP contribution is 2.27. The SMILES string of the molecule is CNCc1ccc(C)c(-c2ccc3nc(C)ccc3c2)c1. The number of aromatic nitrogens is 1. The summed E-state index contributed by atoms with van der Waals surface area (Å²) in [6.45, 7) is 5.08. The predicted molar refractivity (Wildman–Crippen MR) is 89.4 cm³/mol. The van der Waals surface area contributed by atoms with Gasteiger partial charge in [-0.3, -0.25) is 4.98 Å². The number of benzene rings is 2. The Kier molecular flexibility index (Phi) is 3.72. The Morgan fingerprint density at radius 3 is 2.62 bits per heavy atom. The molecule has 0 spiro atoms. The van der Waals surface area contributed by atoms with Crippen LogP contribution in [0.5, 0.6) is 0 Å². The molecule has 2 aromatic carbocycles. The summed E-state index contributed by atoms with van der Waals surface area (Å²) >= 11 is 0. The van der Waals surface area contributed by atoms with Crippen molar-refractivity contribution in [3.05, 3.63) is 65.4 Å². The topological polar surface area (TPSA) is 24.9 Å². The molecule has 21 heavy (non-hydrogen) atoms. The van der Waals surface area contributed by atoms with Crippen molar-refractivity contribution >= 4 is 10.9 Å². The van der Waals surface area contributed by atoms with Crippen LogP contribution in [0.3, 0.4) is 0 Å². The molecule has 2 nitrogen and oxygen atoms in total. The van der Waals surface area contributed by atoms with Crippen molar-refractivity contribution in [3.8, 4) is 11.1 Å². The number of fused-ring (bicyclic) bond motifs is 1. The van der Waals surface area contributed by atoms with E-state index in [0.29, 0.717) is 0 Å². The van der Waals surface area contributed by atoms with E-state index in [4.69, 9.17) is 0 Å². The maximum atomic E-state index is 4.57. The smallest absolute Gasteiger partial charge is 0.0705 e. The van der Waals surface area contributed by atoms with E-state index in [9.17, 15) is 0 Å². The molecule has 0 aliphatic rings. The van der Waals surface area contributed by atoms with Crippen LogP contribution < -0.4 is 5.32 Å². The second kappa shape index (κ2) is 5.66. The standard InChI is InChI=1S/C19H20N2/c1-13-4-6-15(12-20-3)10-18(13)16-8-9-19-17(11-16)7-5-14(2)21-19/h4-11,20H,12H2,1-3H3. The summed E-state index contributed by atoms with van der Waals surface area (Å²) in [7, 11) is 1.98. The molecular weight excluding hydrogens is 256 g/mol. The molecule has 0 atom stereocenters. The highest BCUT2D eigenvalue weighted by Gasteiger charge is 2.05. The monoisotopic (exact) mass is 276 g/mol. The minimum Gasteiger partial charge on any atom is -0.316 e. The highest BCUT2D eigenvalue weighted by molar-refractivity contribution is 5.85. The number of hydrogen-bond donors (Lipinski definition) is 1. The fourth-order valence-corrected chi connectivity index (χ4v) is 2.69. The third-order valence-corrected chi connectivity index (χ3v) is 3.82. The number of aryl methyl sites for hydroxylation is 2. The number of nitrogens with zero attached hydrogens (tertiary/aromatic N) is 1. The Hall–Kier alpha value is -2.19. The van der Waals surface area contributed by atoms with Gasteiger partial charge >= 0.3 is 0 Å². The molecule has 0 bridgehead atoms. The first-order valence-electron chi connectivity index (χ1n) is 7.29. The summed E-state index contributed by atoms with van der Waals surface area (Å²) in [5, 5.41) is 4.40. The second-order valence-corrected chi connectivity index (χ2v) is 5.54. The van der Waals surface area contributed by atoms with Crippen LogP contribution in [-0.4, -0.2) is 12.0 Å². The lowest BCUT2D eigenvalue weighted by Crippen LogP contribution is -2.05. The first-order valence-corrected chi connectivity index (χ1v) is 7.29. The largest absolute Gasteiger partial charge is 0.316 e. The van der Waals surface area contributed by atoms with Crippen LogP contribution in [0.25, 0.3) is 22.0 Å². The molecule has 106 valence electrons. The first-order chi connectivity index (χ1) is 10.2. The molecule has 0 aliphatic heterocycles. The summed E-state index contributed by atoms with van der Waals surface area (Å²) in [5.41, 5.74) is 7.27. The fourth-order valence-electron chi connectivity index (χ4n) is 2.69. The maximum absolute atomic E-state index is 4.57. The molecule has 0 radical (unpaired) electrons. The van der Waals surface area contributed by atoms with Crippen LogP contribution in [0.15, 0.2) is 48.5 Å². The van der Waals surface area contributed by atoms with E-state index in [1.54, 1.807) is 0 Å². The van der Waals surface area contributed by atoms with Crippen molar-refractivity contribution in [2.24, 2.45) is 0 Å². The molecular formula is C19H20N2. The van der Waals surface area contributed by atoms with Crippen molar-refractivity contribution in [3.63, 3.8) is 0 Å². The highest BCUT2D eigenvalue weighted by atomic mass is 14.8. The van der Waals surface area contributed by atoms with E-state index in [0.717, 1.165) is 17.8 Å². The third-order valence-electron chi connectivity index (χ3n) is 3.82. The van der Waals surface area contributed by atoms with Crippen LogP contribution in [0.2, 0.25) is 0 Å². The number of hydrogen-bond acceptors (Lipinski definition) is 2. The van der Waals surface area contributed by atoms with Crippen LogP contribution >= 0.6 is 0 Å². The normalized spacial score (nSPS) is 11.0. The number of pyridine rings is 1. The lowest BCUT2D eigenvalue weighted by atomic mass is 9.97. The van der Waals surface area contributed by atoms with E-state index >= 15 is 0 Å². The van der Waals surface area contributed by atoms with Gasteiger partial charge in [-0.2, -0.15) is 0 Å². The van der Waals surface area contributed by atoms with E-state index in [2.05, 4.69) is 65.8 Å². The van der Waals surface area contributed by atoms with Crippen molar-refractivity contribution in [2.75, 3.05) is 7.05 Å². The van der Waals surface area contributed by atoms with Gasteiger partial charge in [-0.25, -0.2) is 0 Å². The zero-order valence-electron chi connectivity index (χ0n) is 12.8. The molecule has 3 rings (SSSR count). The molecule has 2 heteroatoms. The molecule has 1 heterocycles. The average molecular weight is 276 g/mol. The third kappa shape index (κ3) is 2.81. The summed E-state index contributed by atoms with van der Waals surface area (Å²) in [5.74, 6) is 0. The summed E-state index contributed by atoms with van der Waals surface area (Å²) in [6.07, 6.45) is 0. The van der Waals surface area contributed by atoms with Gasteiger partial charge in [0, 0.05) is 17.6 Å². The Bertz CT molecular complexity index is 791. The molecule has 0 aliphatic carbocycles. The van der Waals surface area contributed by atoms with Gasteiger partial charge in [0.2, 0.25) is 0 Å². The van der Waals surface area contributed by atoms with Crippen LogP contribution in [-0.2, 0) is 6.54 Å². The van der Waals surface area contributed by atoms with Gasteiger partial charge in [0.15, 0.2) is 0 Å². The van der Waals surface area contributed by atoms with Gasteiger partial charge in [-0.05, 0) is 67.4 Å². The van der Waals surface area contributed by atoms with Crippen molar-refractivity contribution < 1.29 is 0 Å². The maximum Gasteiger partial charge on any atom is 0.0705 e. The van der Waals surface area contributed by atoms with E-state index in [-0.39, 0.29) is 0 Å².